The van der Waals surface area contributed by atoms with E-state index in [4.69, 9.17) is 14.2 Å². The number of rotatable bonds is 4. The highest BCUT2D eigenvalue weighted by molar-refractivity contribution is 9.09. The van der Waals surface area contributed by atoms with E-state index in [1.54, 1.807) is 0 Å². The molecule has 1 aliphatic heterocycles. The Kier molecular flexibility index (Phi) is 5.93. The van der Waals surface area contributed by atoms with Crippen molar-refractivity contribution in [2.75, 3.05) is 6.61 Å². The summed E-state index contributed by atoms with van der Waals surface area (Å²) in [5.74, 6) is -1.42. The molecule has 19 heavy (non-hydrogen) atoms. The maximum atomic E-state index is 11.3. The van der Waals surface area contributed by atoms with Crippen LogP contribution < -0.4 is 0 Å². The lowest BCUT2D eigenvalue weighted by molar-refractivity contribution is -0.187. The van der Waals surface area contributed by atoms with E-state index >= 15 is 0 Å². The summed E-state index contributed by atoms with van der Waals surface area (Å²) >= 11 is 3.26. The number of esters is 2. The molecule has 1 fully saturated rings. The maximum absolute atomic E-state index is 11.3. The molecular formula is C12H17BrO6. The molecule has 1 aliphatic rings. The molecule has 0 radical (unpaired) electrons. The summed E-state index contributed by atoms with van der Waals surface area (Å²) in [5, 5.41) is -0.521. The summed E-state index contributed by atoms with van der Waals surface area (Å²) in [7, 11) is 0. The molecule has 0 amide bonds. The molecule has 0 bridgehead atoms. The smallest absolute Gasteiger partial charge is 0.303 e. The van der Waals surface area contributed by atoms with Crippen LogP contribution in [0.5, 0.6) is 0 Å². The van der Waals surface area contributed by atoms with Crippen LogP contribution in [0.25, 0.3) is 0 Å². The van der Waals surface area contributed by atoms with Crippen molar-refractivity contribution in [3.8, 4) is 0 Å². The molecule has 0 aromatic rings. The third kappa shape index (κ3) is 4.91. The van der Waals surface area contributed by atoms with E-state index in [2.05, 4.69) is 15.9 Å². The number of halogens is 1. The number of carbonyl (C=O) groups excluding carboxylic acids is 3. The molecule has 1 heterocycles. The fourth-order valence-corrected chi connectivity index (χ4v) is 2.71. The average molecular weight is 337 g/mol. The lowest BCUT2D eigenvalue weighted by Gasteiger charge is -2.39. The van der Waals surface area contributed by atoms with Gasteiger partial charge < -0.3 is 19.0 Å². The molecule has 108 valence electrons. The Labute approximate surface area is 119 Å². The van der Waals surface area contributed by atoms with E-state index < -0.39 is 35.1 Å². The molecule has 0 unspecified atom stereocenters. The number of ketones is 1. The molecule has 7 heteroatoms. The van der Waals surface area contributed by atoms with E-state index in [-0.39, 0.29) is 18.8 Å². The van der Waals surface area contributed by atoms with Gasteiger partial charge in [0.15, 0.2) is 0 Å². The van der Waals surface area contributed by atoms with Crippen molar-refractivity contribution < 1.29 is 28.6 Å². The van der Waals surface area contributed by atoms with Crippen molar-refractivity contribution >= 4 is 33.7 Å². The molecule has 6 nitrogen and oxygen atoms in total. The van der Waals surface area contributed by atoms with Crippen LogP contribution in [0.1, 0.15) is 27.2 Å². The lowest BCUT2D eigenvalue weighted by Crippen LogP contribution is -2.50. The van der Waals surface area contributed by atoms with Crippen LogP contribution in [-0.4, -0.2) is 41.5 Å². The second-order valence-corrected chi connectivity index (χ2v) is 5.38. The van der Waals surface area contributed by atoms with Crippen molar-refractivity contribution in [1.29, 1.82) is 0 Å². The van der Waals surface area contributed by atoms with Gasteiger partial charge in [0.05, 0.1) is 6.61 Å². The van der Waals surface area contributed by atoms with Crippen molar-refractivity contribution in [3.63, 3.8) is 0 Å². The zero-order chi connectivity index (χ0) is 14.6. The standard InChI is InChI=1S/C12H17BrO6/c1-6(14)4-9-10(18-7(2)15)5-17-12(13)11(9)19-8(3)16/h9-12H,4-5H2,1-3H3/t9-,10-,11+,12-/m1/s1. The predicted octanol–water partition coefficient (Wildman–Crippen LogP) is 1.20. The highest BCUT2D eigenvalue weighted by Crippen LogP contribution is 2.32. The highest BCUT2D eigenvalue weighted by atomic mass is 79.9. The Bertz CT molecular complexity index is 369. The van der Waals surface area contributed by atoms with Crippen LogP contribution >= 0.6 is 15.9 Å². The van der Waals surface area contributed by atoms with Gasteiger partial charge in [-0.05, 0) is 6.92 Å². The van der Waals surface area contributed by atoms with Gasteiger partial charge in [0.25, 0.3) is 0 Å². The maximum Gasteiger partial charge on any atom is 0.303 e. The van der Waals surface area contributed by atoms with Crippen LogP contribution in [0.4, 0.5) is 0 Å². The summed E-state index contributed by atoms with van der Waals surface area (Å²) in [6, 6.07) is 0. The lowest BCUT2D eigenvalue weighted by atomic mass is 9.89. The Morgan fingerprint density at radius 2 is 1.74 bits per heavy atom. The van der Waals surface area contributed by atoms with Gasteiger partial charge in [-0.1, -0.05) is 15.9 Å². The first-order valence-corrected chi connectivity index (χ1v) is 6.82. The van der Waals surface area contributed by atoms with Gasteiger partial charge in [0.1, 0.15) is 23.0 Å². The molecule has 0 aliphatic carbocycles. The zero-order valence-electron chi connectivity index (χ0n) is 11.1. The monoisotopic (exact) mass is 336 g/mol. The summed E-state index contributed by atoms with van der Waals surface area (Å²) < 4.78 is 15.7. The van der Waals surface area contributed by atoms with Gasteiger partial charge in [-0.2, -0.15) is 0 Å². The van der Waals surface area contributed by atoms with Crippen LogP contribution in [-0.2, 0) is 28.6 Å². The van der Waals surface area contributed by atoms with E-state index in [0.717, 1.165) is 0 Å². The second-order valence-electron chi connectivity index (χ2n) is 4.48. The van der Waals surface area contributed by atoms with Crippen LogP contribution in [0.3, 0.4) is 0 Å². The molecule has 0 aromatic heterocycles. The molecule has 1 rings (SSSR count). The van der Waals surface area contributed by atoms with E-state index in [9.17, 15) is 14.4 Å². The molecule has 0 saturated carbocycles. The van der Waals surface area contributed by atoms with Gasteiger partial charge in [0, 0.05) is 26.2 Å². The van der Waals surface area contributed by atoms with E-state index in [1.165, 1.54) is 20.8 Å². The second kappa shape index (κ2) is 7.00. The Balaban J connectivity index is 2.89. The largest absolute Gasteiger partial charge is 0.460 e. The van der Waals surface area contributed by atoms with Crippen molar-refractivity contribution in [1.82, 2.24) is 0 Å². The Hall–Kier alpha value is -0.950. The van der Waals surface area contributed by atoms with Crippen molar-refractivity contribution in [3.05, 3.63) is 0 Å². The number of ether oxygens (including phenoxy) is 3. The number of alkyl halides is 1. The summed E-state index contributed by atoms with van der Waals surface area (Å²) in [4.78, 5) is 33.5. The zero-order valence-corrected chi connectivity index (χ0v) is 12.6. The number of hydrogen-bond donors (Lipinski definition) is 0. The highest BCUT2D eigenvalue weighted by Gasteiger charge is 2.43. The first-order chi connectivity index (χ1) is 8.81. The predicted molar refractivity (Wildman–Crippen MR) is 68.6 cm³/mol. The molecular weight excluding hydrogens is 320 g/mol. The van der Waals surface area contributed by atoms with Gasteiger partial charge in [-0.3, -0.25) is 9.59 Å². The first-order valence-electron chi connectivity index (χ1n) is 5.90. The number of carbonyl (C=O) groups is 3. The average Bonchev–Trinajstić information content (AvgIpc) is 2.25. The fraction of sp³-hybridized carbons (Fsp3) is 0.750. The first kappa shape index (κ1) is 16.1. The summed E-state index contributed by atoms with van der Waals surface area (Å²) in [5.41, 5.74) is 0. The Morgan fingerprint density at radius 3 is 2.21 bits per heavy atom. The topological polar surface area (TPSA) is 78.9 Å². The van der Waals surface area contributed by atoms with E-state index in [0.29, 0.717) is 0 Å². The minimum atomic E-state index is -0.667. The van der Waals surface area contributed by atoms with Crippen molar-refractivity contribution in [2.45, 2.75) is 44.4 Å². The third-order valence-electron chi connectivity index (χ3n) is 2.72. The summed E-state index contributed by atoms with van der Waals surface area (Å²) in [6.45, 7) is 4.16. The fourth-order valence-electron chi connectivity index (χ4n) is 2.06. The number of hydrogen-bond acceptors (Lipinski definition) is 6. The van der Waals surface area contributed by atoms with Gasteiger partial charge in [-0.25, -0.2) is 0 Å². The minimum absolute atomic E-state index is 0.0686. The van der Waals surface area contributed by atoms with E-state index in [1.807, 2.05) is 0 Å². The molecule has 1 saturated heterocycles. The van der Waals surface area contributed by atoms with Crippen LogP contribution in [0.2, 0.25) is 0 Å². The van der Waals surface area contributed by atoms with Crippen LogP contribution in [0, 0.1) is 5.92 Å². The van der Waals surface area contributed by atoms with Gasteiger partial charge >= 0.3 is 11.9 Å². The van der Waals surface area contributed by atoms with Crippen molar-refractivity contribution in [2.24, 2.45) is 5.92 Å². The normalized spacial score (nSPS) is 30.5. The van der Waals surface area contributed by atoms with Crippen LogP contribution in [0.15, 0.2) is 0 Å². The molecule has 0 aromatic carbocycles. The molecule has 0 N–H and O–H groups in total. The Morgan fingerprint density at radius 1 is 1.16 bits per heavy atom. The SMILES string of the molecule is CC(=O)C[C@H]1[C@H](OC(C)=O)[C@H](Br)OC[C@H]1OC(C)=O. The molecule has 0 spiro atoms. The number of Topliss-reactive ketones (excluding diaryl/α,β-unsaturated/α-hetero) is 1. The quantitative estimate of drug-likeness (QED) is 0.567. The van der Waals surface area contributed by atoms with Gasteiger partial charge in [0.2, 0.25) is 0 Å². The third-order valence-corrected chi connectivity index (χ3v) is 3.51. The minimum Gasteiger partial charge on any atom is -0.460 e. The van der Waals surface area contributed by atoms with Gasteiger partial charge in [-0.15, -0.1) is 0 Å². The molecule has 4 atom stereocenters. The summed E-state index contributed by atoms with van der Waals surface area (Å²) in [6.07, 6.45) is -1.11.